The smallest absolute Gasteiger partial charge is 0.390 e. The lowest BCUT2D eigenvalue weighted by Crippen LogP contribution is -2.33. The molecule has 0 bridgehead atoms. The first-order valence-electron chi connectivity index (χ1n) is 26.4. The Morgan fingerprint density at radius 2 is 1.16 bits per heavy atom. The number of aromatic amines is 2. The van der Waals surface area contributed by atoms with E-state index < -0.39 is 179 Å². The van der Waals surface area contributed by atoms with Crippen LogP contribution in [0, 0.1) is 31.1 Å². The Balaban J connectivity index is 0.887. The lowest BCUT2D eigenvalue weighted by atomic mass is 10.2. The number of nitrogens with two attached hydrogens (primary N) is 2. The quantitative estimate of drug-likeness (QED) is 0.0197. The van der Waals surface area contributed by atoms with Crippen LogP contribution in [-0.4, -0.2) is 153 Å². The number of rotatable bonds is 25. The van der Waals surface area contributed by atoms with Gasteiger partial charge in [-0.3, -0.25) is 69.5 Å². The molecule has 478 valence electrons. The van der Waals surface area contributed by atoms with Crippen LogP contribution in [0.1, 0.15) is 87.4 Å². The number of terminal acetylenes is 1. The molecule has 15 atom stereocenters. The molecule has 12 N–H and O–H groups in total. The van der Waals surface area contributed by atoms with Crippen molar-refractivity contribution in [2.24, 2.45) is 0 Å². The average molecular weight is 1320 g/mol. The van der Waals surface area contributed by atoms with Gasteiger partial charge >= 0.3 is 48.4 Å². The van der Waals surface area contributed by atoms with Crippen LogP contribution in [0.4, 0.5) is 11.6 Å². The fraction of sp³-hybridized carbons (Fsp3) is 0.543. The minimum absolute atomic E-state index is 0.000623. The van der Waals surface area contributed by atoms with Crippen molar-refractivity contribution in [3.05, 3.63) is 101 Å². The number of nitrogen functional groups attached to an aromatic ring is 2. The number of nitrogens with one attached hydrogen (secondary N) is 2. The first-order chi connectivity index (χ1) is 41.5. The largest absolute Gasteiger partial charge is 0.472 e. The maximum atomic E-state index is 14.0. The van der Waals surface area contributed by atoms with E-state index in [0.29, 0.717) is 25.7 Å². The third kappa shape index (κ3) is 16.6. The number of H-pyrrole nitrogens is 2. The maximum Gasteiger partial charge on any atom is 0.472 e. The van der Waals surface area contributed by atoms with Gasteiger partial charge in [0.15, 0.2) is 11.5 Å². The number of imidazole rings is 1. The van der Waals surface area contributed by atoms with E-state index in [-0.39, 0.29) is 40.3 Å². The van der Waals surface area contributed by atoms with Crippen molar-refractivity contribution < 1.29 is 98.4 Å². The van der Waals surface area contributed by atoms with E-state index in [4.69, 9.17) is 64.0 Å². The summed E-state index contributed by atoms with van der Waals surface area (Å²) in [5.74, 6) is 7.84. The van der Waals surface area contributed by atoms with Gasteiger partial charge < -0.3 is 60.0 Å². The molecule has 0 spiro atoms. The summed E-state index contributed by atoms with van der Waals surface area (Å²) < 4.78 is 118. The van der Waals surface area contributed by atoms with Crippen LogP contribution in [0.5, 0.6) is 0 Å². The molecule has 42 heteroatoms. The zero-order chi connectivity index (χ0) is 63.5. The molecule has 5 aromatic rings. The zero-order valence-corrected chi connectivity index (χ0v) is 49.4. The Morgan fingerprint density at radius 3 is 1.72 bits per heavy atom. The second-order valence-electron chi connectivity index (χ2n) is 20.1. The lowest BCUT2D eigenvalue weighted by molar-refractivity contribution is -0.0635. The van der Waals surface area contributed by atoms with Crippen LogP contribution in [0.25, 0.3) is 11.2 Å². The summed E-state index contributed by atoms with van der Waals surface area (Å²) in [6.07, 6.45) is -5.98. The summed E-state index contributed by atoms with van der Waals surface area (Å²) >= 11 is 0. The monoisotopic (exact) mass is 1320 g/mol. The molecule has 7 unspecified atom stereocenters. The average Bonchev–Trinajstić information content (AvgIpc) is 2.13. The molecule has 9 heterocycles. The molecule has 38 nitrogen and oxygen atoms in total. The Hall–Kier alpha value is -6.25. The Bertz CT molecular complexity index is 4000. The Morgan fingerprint density at radius 1 is 0.659 bits per heavy atom. The second-order valence-corrected chi connectivity index (χ2v) is 25.5. The molecule has 0 amide bonds. The summed E-state index contributed by atoms with van der Waals surface area (Å²) in [5.41, 5.74) is 7.26. The fourth-order valence-corrected chi connectivity index (χ4v) is 12.8. The molecular formula is C46H58N12O26P4. The highest BCUT2D eigenvalue weighted by Gasteiger charge is 2.49. The number of unbranched alkanes of at least 4 members (excludes halogenated alkanes) is 3. The molecule has 5 aromatic heterocycles. The van der Waals surface area contributed by atoms with Gasteiger partial charge in [0.1, 0.15) is 90.9 Å². The van der Waals surface area contributed by atoms with Crippen molar-refractivity contribution in [2.45, 2.75) is 132 Å². The fourth-order valence-electron chi connectivity index (χ4n) is 9.62. The third-order valence-electron chi connectivity index (χ3n) is 13.9. The standard InChI is InChI=1S/C46H58N12O26P4/c1-3-4-5-6-7-8-9-25-17-57(46(64)54-43(25)61)38-15-28(31(80-38)19-74-85(65,66)67)83-87(70,71)77-21-33-29(14-37(81-33)56-16-24(2)42(60)53-45(56)63)84-88(72,73)76-20-32-27(13-36(79-32)55-11-10-34(47)52-44(55)62)82-86(68,69)75-18-30-26(59)12-35(78-30)58-23-51-39-40(48)49-22-50-41(39)58/h1,10-11,16-17,22-23,26-33,35-38,59H,4-7,12-15,18-21H2,2H3,(H,68,69)(H,70,71)(H,72,73)(H2,47,52,62)(H2,48,49,50)(H,53,60,63)(H,54,61,64)(H2,65,66,67)/t26?,27?,28?,29?,30-,31-,32-,33-,35-,36-,37-,38-/m1/s1. The number of aliphatic hydroxyl groups excluding tert-OH is 1. The molecule has 0 saturated carbocycles. The number of aliphatic hydroxyl groups is 1. The van der Waals surface area contributed by atoms with E-state index in [9.17, 15) is 71.8 Å². The zero-order valence-electron chi connectivity index (χ0n) is 45.8. The number of anilines is 2. The summed E-state index contributed by atoms with van der Waals surface area (Å²) in [5, 5.41) is 10.9. The summed E-state index contributed by atoms with van der Waals surface area (Å²) in [7, 11) is -21.4. The molecule has 0 aromatic carbocycles. The van der Waals surface area contributed by atoms with E-state index in [1.807, 2.05) is 0 Å². The number of ether oxygens (including phenoxy) is 4. The third-order valence-corrected chi connectivity index (χ3v) is 17.4. The van der Waals surface area contributed by atoms with E-state index in [1.54, 1.807) is 0 Å². The van der Waals surface area contributed by atoms with E-state index >= 15 is 0 Å². The van der Waals surface area contributed by atoms with E-state index in [2.05, 4.69) is 52.2 Å². The summed E-state index contributed by atoms with van der Waals surface area (Å²) in [6.45, 7) is -2.49. The Kier molecular flexibility index (Phi) is 20.7. The summed E-state index contributed by atoms with van der Waals surface area (Å²) in [4.78, 5) is 136. The van der Waals surface area contributed by atoms with Gasteiger partial charge in [-0.15, -0.1) is 12.3 Å². The van der Waals surface area contributed by atoms with Crippen molar-refractivity contribution in [1.82, 2.24) is 48.2 Å². The molecule has 0 radical (unpaired) electrons. The van der Waals surface area contributed by atoms with Gasteiger partial charge in [0.05, 0.1) is 38.9 Å². The van der Waals surface area contributed by atoms with Gasteiger partial charge in [0.25, 0.3) is 11.1 Å². The van der Waals surface area contributed by atoms with Crippen LogP contribution in [0.2, 0.25) is 0 Å². The maximum absolute atomic E-state index is 14.0. The minimum atomic E-state index is -5.49. The van der Waals surface area contributed by atoms with Gasteiger partial charge in [-0.25, -0.2) is 47.6 Å². The van der Waals surface area contributed by atoms with Crippen molar-refractivity contribution in [2.75, 3.05) is 37.9 Å². The highest BCUT2D eigenvalue weighted by molar-refractivity contribution is 7.48. The number of phosphoric ester groups is 4. The van der Waals surface area contributed by atoms with Gasteiger partial charge in [-0.2, -0.15) is 4.98 Å². The number of aromatic nitrogens is 10. The second kappa shape index (κ2) is 27.5. The lowest BCUT2D eigenvalue weighted by Gasteiger charge is -2.25. The normalized spacial score (nSPS) is 27.6. The Labute approximate surface area is 494 Å². The number of nitrogens with zero attached hydrogens (tertiary/aromatic N) is 8. The minimum Gasteiger partial charge on any atom is -0.390 e. The number of fused-ring (bicyclic) bond motifs is 1. The molecule has 0 aliphatic carbocycles. The van der Waals surface area contributed by atoms with Gasteiger partial charge in [0.2, 0.25) is 0 Å². The van der Waals surface area contributed by atoms with Crippen LogP contribution in [0.15, 0.2) is 61.3 Å². The van der Waals surface area contributed by atoms with Crippen LogP contribution in [-0.2, 0) is 68.9 Å². The number of hydrogen-bond acceptors (Lipinski definition) is 27. The SMILES string of the molecule is C#CCCCCC#Cc1cn([C@H]2CC(OP(=O)(O)OC[C@H]3O[C@@H](n4cc(C)c(=O)[nH]c4=O)CC3OP(=O)(O)OC[C@H]3O[C@@H](n4ccc(N)nc4=O)CC3OP(=O)(O)OC[C@H]3O[C@@H](n4cnc5c(N)ncnc54)CC3O)[C@@H](COP(=O)(O)O)O2)c(=O)[nH]c1=O. The highest BCUT2D eigenvalue weighted by Crippen LogP contribution is 2.54. The number of aryl methyl sites for hydroxylation is 1. The molecule has 4 aliphatic rings. The number of hydrogen-bond donors (Lipinski definition) is 10. The van der Waals surface area contributed by atoms with E-state index in [1.165, 1.54) is 36.4 Å². The van der Waals surface area contributed by atoms with Gasteiger partial charge in [0, 0.05) is 62.7 Å². The molecule has 4 aliphatic heterocycles. The molecule has 88 heavy (non-hydrogen) atoms. The molecule has 9 rings (SSSR count). The molecular weight excluding hydrogens is 1260 g/mol. The van der Waals surface area contributed by atoms with Gasteiger partial charge in [-0.05, 0) is 25.8 Å². The number of phosphoric acid groups is 4. The summed E-state index contributed by atoms with van der Waals surface area (Å²) in [6, 6.07) is 1.23. The van der Waals surface area contributed by atoms with Crippen LogP contribution in [0.3, 0.4) is 0 Å². The predicted molar refractivity (Wildman–Crippen MR) is 294 cm³/mol. The van der Waals surface area contributed by atoms with Crippen molar-refractivity contribution >= 4 is 54.1 Å². The van der Waals surface area contributed by atoms with Crippen LogP contribution < -0.4 is 39.7 Å². The molecule has 4 saturated heterocycles. The topological polar surface area (TPSA) is 531 Å². The molecule has 4 fully saturated rings. The predicted octanol–water partition coefficient (Wildman–Crippen LogP) is -0.672. The van der Waals surface area contributed by atoms with Crippen molar-refractivity contribution in [1.29, 1.82) is 0 Å². The van der Waals surface area contributed by atoms with Gasteiger partial charge in [-0.1, -0.05) is 11.8 Å². The first-order valence-corrected chi connectivity index (χ1v) is 32.4. The first kappa shape index (κ1) is 66.2. The van der Waals surface area contributed by atoms with Crippen molar-refractivity contribution in [3.63, 3.8) is 0 Å². The highest BCUT2D eigenvalue weighted by atomic mass is 31.2. The van der Waals surface area contributed by atoms with Crippen LogP contribution >= 0.6 is 31.3 Å². The van der Waals surface area contributed by atoms with Crippen molar-refractivity contribution in [3.8, 4) is 24.2 Å². The van der Waals surface area contributed by atoms with E-state index in [0.717, 1.165) is 26.1 Å².